The van der Waals surface area contributed by atoms with Gasteiger partial charge in [0, 0.05) is 6.42 Å². The van der Waals surface area contributed by atoms with Crippen molar-refractivity contribution in [3.8, 4) is 0 Å². The van der Waals surface area contributed by atoms with Gasteiger partial charge in [0.2, 0.25) is 5.91 Å². The van der Waals surface area contributed by atoms with Gasteiger partial charge in [-0.2, -0.15) is 0 Å². The van der Waals surface area contributed by atoms with Gasteiger partial charge >= 0.3 is 5.97 Å². The lowest BCUT2D eigenvalue weighted by molar-refractivity contribution is -0.150. The zero-order valence-corrected chi connectivity index (χ0v) is 44.3. The van der Waals surface area contributed by atoms with Crippen molar-refractivity contribution in [2.75, 3.05) is 6.61 Å². The van der Waals surface area contributed by atoms with Crippen LogP contribution in [0.15, 0.2) is 72.9 Å². The fraction of sp³-hybridized carbons (Fsp3) is 0.770. The Bertz CT molecular complexity index is 1230. The minimum absolute atomic E-state index is 0.0478. The van der Waals surface area contributed by atoms with E-state index in [0.717, 1.165) is 77.0 Å². The van der Waals surface area contributed by atoms with Gasteiger partial charge in [0.25, 0.3) is 0 Å². The molecule has 1 amide bonds. The van der Waals surface area contributed by atoms with Crippen molar-refractivity contribution in [2.45, 2.75) is 296 Å². The highest BCUT2D eigenvalue weighted by molar-refractivity contribution is 5.77. The second kappa shape index (κ2) is 54.2. The molecule has 0 spiro atoms. The van der Waals surface area contributed by atoms with Crippen LogP contribution in [-0.4, -0.2) is 46.9 Å². The lowest BCUT2D eigenvalue weighted by Crippen LogP contribution is -2.46. The first-order valence-corrected chi connectivity index (χ1v) is 28.7. The summed E-state index contributed by atoms with van der Waals surface area (Å²) < 4.78 is 5.91. The van der Waals surface area contributed by atoms with Crippen LogP contribution in [0.25, 0.3) is 0 Å². The number of ether oxygens (including phenoxy) is 1. The fourth-order valence-electron chi connectivity index (χ4n) is 8.52. The zero-order chi connectivity index (χ0) is 48.8. The Morgan fingerprint density at radius 1 is 0.448 bits per heavy atom. The number of allylic oxidation sites excluding steroid dienone is 12. The van der Waals surface area contributed by atoms with Gasteiger partial charge in [0.05, 0.1) is 25.2 Å². The number of carbonyl (C=O) groups is 2. The van der Waals surface area contributed by atoms with Crippen molar-refractivity contribution in [3.63, 3.8) is 0 Å². The number of esters is 1. The highest BCUT2D eigenvalue weighted by Gasteiger charge is 2.24. The molecule has 0 heterocycles. The third kappa shape index (κ3) is 49.5. The number of amides is 1. The lowest BCUT2D eigenvalue weighted by Gasteiger charge is -2.24. The second-order valence-electron chi connectivity index (χ2n) is 19.3. The van der Waals surface area contributed by atoms with Crippen LogP contribution < -0.4 is 5.32 Å². The van der Waals surface area contributed by atoms with Crippen LogP contribution in [-0.2, 0) is 14.3 Å². The minimum Gasteiger partial charge on any atom is -0.462 e. The average Bonchev–Trinajstić information content (AvgIpc) is 3.32. The summed E-state index contributed by atoms with van der Waals surface area (Å²) in [6.45, 7) is 6.38. The molecule has 0 aromatic heterocycles. The summed E-state index contributed by atoms with van der Waals surface area (Å²) in [7, 11) is 0. The smallest absolute Gasteiger partial charge is 0.306 e. The first-order valence-electron chi connectivity index (χ1n) is 28.7. The lowest BCUT2D eigenvalue weighted by atomic mass is 10.0. The quantitative estimate of drug-likeness (QED) is 0.0321. The maximum absolute atomic E-state index is 13.3. The van der Waals surface area contributed by atoms with Crippen LogP contribution >= 0.6 is 0 Å². The molecule has 0 aromatic carbocycles. The Morgan fingerprint density at radius 3 is 1.13 bits per heavy atom. The Morgan fingerprint density at radius 2 is 0.776 bits per heavy atom. The predicted octanol–water partition coefficient (Wildman–Crippen LogP) is 17.7. The first kappa shape index (κ1) is 64.3. The van der Waals surface area contributed by atoms with Gasteiger partial charge in [0.15, 0.2) is 0 Å². The molecule has 3 atom stereocenters. The van der Waals surface area contributed by atoms with E-state index in [1.807, 2.05) is 6.08 Å². The number of hydrogen-bond acceptors (Lipinski definition) is 5. The van der Waals surface area contributed by atoms with Crippen LogP contribution in [0, 0.1) is 0 Å². The molecule has 6 heteroatoms. The molecule has 0 radical (unpaired) electrons. The van der Waals surface area contributed by atoms with E-state index in [9.17, 15) is 19.8 Å². The fourth-order valence-corrected chi connectivity index (χ4v) is 8.52. The van der Waals surface area contributed by atoms with Crippen LogP contribution in [0.1, 0.15) is 278 Å². The molecule has 0 saturated carbocycles. The minimum atomic E-state index is -0.802. The zero-order valence-electron chi connectivity index (χ0n) is 44.3. The van der Waals surface area contributed by atoms with E-state index in [4.69, 9.17) is 4.74 Å². The standard InChI is InChI=1S/C61H109NO5/c1-4-7-10-13-16-19-22-25-27-29-30-31-33-36-39-42-45-48-51-54-61(66)67-57(52-49-46-43-40-37-34-24-21-18-15-12-9-6-3)55-60(65)62-58(56-63)59(64)53-50-47-44-41-38-35-32-28-26-23-20-17-14-11-8-5-2/h7,10,16,19,25,27,30-31,36,39,45,48,57-59,63-64H,4-6,8-9,11-15,17-18,20-24,26,28-29,32-35,37-38,40-44,46-47,49-56H2,1-3H3,(H,62,65)/b10-7-,19-16-,27-25-,31-30-,39-36-,48-45-. The summed E-state index contributed by atoms with van der Waals surface area (Å²) in [6.07, 6.45) is 69.7. The van der Waals surface area contributed by atoms with Crippen LogP contribution in [0.5, 0.6) is 0 Å². The van der Waals surface area contributed by atoms with Gasteiger partial charge in [-0.15, -0.1) is 0 Å². The number of rotatable bonds is 51. The van der Waals surface area contributed by atoms with Crippen LogP contribution in [0.2, 0.25) is 0 Å². The van der Waals surface area contributed by atoms with E-state index >= 15 is 0 Å². The number of hydrogen-bond donors (Lipinski definition) is 3. The molecule has 0 aromatic rings. The molecule has 6 nitrogen and oxygen atoms in total. The Kier molecular flexibility index (Phi) is 52.1. The maximum Gasteiger partial charge on any atom is 0.306 e. The highest BCUT2D eigenvalue weighted by Crippen LogP contribution is 2.18. The number of unbranched alkanes of at least 4 members (excludes halogenated alkanes) is 27. The van der Waals surface area contributed by atoms with Crippen molar-refractivity contribution < 1.29 is 24.5 Å². The molecule has 3 N–H and O–H groups in total. The summed E-state index contributed by atoms with van der Waals surface area (Å²) >= 11 is 0. The largest absolute Gasteiger partial charge is 0.462 e. The molecule has 0 fully saturated rings. The van der Waals surface area contributed by atoms with Gasteiger partial charge in [0.1, 0.15) is 6.10 Å². The summed E-state index contributed by atoms with van der Waals surface area (Å²) in [5.74, 6) is -0.566. The molecule has 67 heavy (non-hydrogen) atoms. The normalized spacial score (nSPS) is 13.7. The van der Waals surface area contributed by atoms with E-state index in [2.05, 4.69) is 92.9 Å². The maximum atomic E-state index is 13.3. The van der Waals surface area contributed by atoms with Crippen LogP contribution in [0.3, 0.4) is 0 Å². The molecule has 3 unspecified atom stereocenters. The summed E-state index contributed by atoms with van der Waals surface area (Å²) in [5.41, 5.74) is 0. The van der Waals surface area contributed by atoms with E-state index in [1.165, 1.54) is 148 Å². The molecule has 0 rings (SSSR count). The molecule has 388 valence electrons. The van der Waals surface area contributed by atoms with E-state index in [1.54, 1.807) is 0 Å². The molecule has 0 bridgehead atoms. The monoisotopic (exact) mass is 936 g/mol. The average molecular weight is 937 g/mol. The van der Waals surface area contributed by atoms with Crippen molar-refractivity contribution in [1.29, 1.82) is 0 Å². The van der Waals surface area contributed by atoms with E-state index in [-0.39, 0.29) is 31.3 Å². The van der Waals surface area contributed by atoms with Gasteiger partial charge in [-0.05, 0) is 64.2 Å². The number of aliphatic hydroxyl groups is 2. The van der Waals surface area contributed by atoms with Crippen molar-refractivity contribution in [2.24, 2.45) is 0 Å². The molecule has 0 aliphatic heterocycles. The molecular weight excluding hydrogens is 827 g/mol. The van der Waals surface area contributed by atoms with Crippen molar-refractivity contribution >= 4 is 11.9 Å². The van der Waals surface area contributed by atoms with E-state index < -0.39 is 18.2 Å². The second-order valence-corrected chi connectivity index (χ2v) is 19.3. The van der Waals surface area contributed by atoms with Crippen molar-refractivity contribution in [1.82, 2.24) is 5.32 Å². The Balaban J connectivity index is 4.62. The van der Waals surface area contributed by atoms with Gasteiger partial charge in [-0.25, -0.2) is 0 Å². The van der Waals surface area contributed by atoms with Crippen molar-refractivity contribution in [3.05, 3.63) is 72.9 Å². The third-order valence-electron chi connectivity index (χ3n) is 12.8. The summed E-state index contributed by atoms with van der Waals surface area (Å²) in [4.78, 5) is 26.2. The molecule has 0 aliphatic rings. The molecule has 0 saturated heterocycles. The Labute approximate surface area is 415 Å². The predicted molar refractivity (Wildman–Crippen MR) is 291 cm³/mol. The first-order chi connectivity index (χ1) is 33.0. The Hall–Kier alpha value is -2.70. The SMILES string of the molecule is CC/C=C\C/C=C\C/C=C\C/C=C\C/C=C\C/C=C\CCC(=O)OC(CCCCCCCCCCCCCCC)CC(=O)NC(CO)C(O)CCCCCCCCCCCCCCCCCC. The molecule has 0 aliphatic carbocycles. The van der Waals surface area contributed by atoms with Gasteiger partial charge in [-0.1, -0.05) is 273 Å². The van der Waals surface area contributed by atoms with Crippen LogP contribution in [0.4, 0.5) is 0 Å². The summed E-state index contributed by atoms with van der Waals surface area (Å²) in [6, 6.07) is -0.718. The number of carbonyl (C=O) groups excluding carboxylic acids is 2. The third-order valence-corrected chi connectivity index (χ3v) is 12.8. The molecular formula is C61H109NO5. The summed E-state index contributed by atoms with van der Waals surface area (Å²) in [5, 5.41) is 23.9. The number of aliphatic hydroxyl groups excluding tert-OH is 2. The van der Waals surface area contributed by atoms with Gasteiger partial charge in [-0.3, -0.25) is 9.59 Å². The highest BCUT2D eigenvalue weighted by atomic mass is 16.5. The van der Waals surface area contributed by atoms with Gasteiger partial charge < -0.3 is 20.3 Å². The van der Waals surface area contributed by atoms with E-state index in [0.29, 0.717) is 19.3 Å². The number of nitrogens with one attached hydrogen (secondary N) is 1. The topological polar surface area (TPSA) is 95.9 Å².